The Morgan fingerprint density at radius 3 is 2.09 bits per heavy atom. The largest absolute Gasteiger partial charge is 0.444 e. The van der Waals surface area contributed by atoms with E-state index in [-0.39, 0.29) is 16.9 Å². The average molecular weight is 333 g/mol. The van der Waals surface area contributed by atoms with Crippen LogP contribution in [-0.4, -0.2) is 44.7 Å². The van der Waals surface area contributed by atoms with Crippen molar-refractivity contribution in [2.75, 3.05) is 13.1 Å². The van der Waals surface area contributed by atoms with Crippen molar-refractivity contribution < 1.29 is 13.7 Å². The molecule has 1 aliphatic heterocycles. The average Bonchev–Trinajstić information content (AvgIpc) is 2.35. The second kappa shape index (κ2) is 7.30. The molecule has 1 heterocycles. The smallest absolute Gasteiger partial charge is 0.410 e. The lowest BCUT2D eigenvalue weighted by Crippen LogP contribution is -2.47. The number of amides is 1. The number of carbonyl (C=O) groups excluding carboxylic acids is 1. The number of piperidine rings is 1. The summed E-state index contributed by atoms with van der Waals surface area (Å²) in [6, 6.07) is 0.181. The molecule has 1 unspecified atom stereocenters. The molecule has 5 nitrogen and oxygen atoms in total. The second-order valence-corrected chi connectivity index (χ2v) is 10.1. The van der Waals surface area contributed by atoms with E-state index in [9.17, 15) is 9.00 Å². The number of hydrogen-bond donors (Lipinski definition) is 1. The molecule has 1 fully saturated rings. The fourth-order valence-corrected chi connectivity index (χ4v) is 3.23. The van der Waals surface area contributed by atoms with Gasteiger partial charge in [-0.05, 0) is 67.2 Å². The van der Waals surface area contributed by atoms with Crippen LogP contribution in [0.2, 0.25) is 0 Å². The van der Waals surface area contributed by atoms with E-state index in [2.05, 4.69) is 11.6 Å². The summed E-state index contributed by atoms with van der Waals surface area (Å²) in [5.41, 5.74) is -0.452. The van der Waals surface area contributed by atoms with Crippen molar-refractivity contribution in [1.82, 2.24) is 9.62 Å². The van der Waals surface area contributed by atoms with Crippen molar-refractivity contribution >= 4 is 17.1 Å². The van der Waals surface area contributed by atoms with Crippen molar-refractivity contribution in [3.63, 3.8) is 0 Å². The summed E-state index contributed by atoms with van der Waals surface area (Å²) in [4.78, 5) is 13.8. The van der Waals surface area contributed by atoms with Crippen LogP contribution < -0.4 is 4.72 Å². The Balaban J connectivity index is 2.45. The molecule has 0 bridgehead atoms. The molecule has 0 spiro atoms. The van der Waals surface area contributed by atoms with E-state index >= 15 is 0 Å². The summed E-state index contributed by atoms with van der Waals surface area (Å²) in [7, 11) is -1.06. The van der Waals surface area contributed by atoms with Gasteiger partial charge in [-0.1, -0.05) is 0 Å². The molecule has 22 heavy (non-hydrogen) atoms. The van der Waals surface area contributed by atoms with Crippen molar-refractivity contribution in [3.05, 3.63) is 0 Å². The van der Waals surface area contributed by atoms with Gasteiger partial charge in [0.15, 0.2) is 0 Å². The van der Waals surface area contributed by atoms with Gasteiger partial charge in [0.25, 0.3) is 0 Å². The van der Waals surface area contributed by atoms with Gasteiger partial charge in [-0.25, -0.2) is 13.7 Å². The molecule has 130 valence electrons. The normalized spacial score (nSPS) is 20.6. The number of nitrogens with one attached hydrogen (secondary N) is 1. The minimum Gasteiger partial charge on any atom is -0.444 e. The molecule has 0 aromatic carbocycles. The summed E-state index contributed by atoms with van der Waals surface area (Å²) in [5, 5.41) is 0. The first kappa shape index (κ1) is 19.4. The highest BCUT2D eigenvalue weighted by Gasteiger charge is 2.31. The maximum Gasteiger partial charge on any atom is 0.410 e. The fourth-order valence-electron chi connectivity index (χ4n) is 2.35. The zero-order valence-corrected chi connectivity index (χ0v) is 15.9. The van der Waals surface area contributed by atoms with Gasteiger partial charge in [0.1, 0.15) is 5.60 Å². The van der Waals surface area contributed by atoms with E-state index in [1.807, 2.05) is 41.5 Å². The van der Waals surface area contributed by atoms with Crippen LogP contribution in [0.1, 0.15) is 61.3 Å². The number of rotatable bonds is 3. The SMILES string of the molecule is C[C@H](NS(=O)C(C)(C)C)C1CCN(C(=O)OC(C)(C)C)CC1. The number of likely N-dealkylation sites (tertiary alicyclic amines) is 1. The molecule has 0 saturated carbocycles. The summed E-state index contributed by atoms with van der Waals surface area (Å²) in [5.74, 6) is 0.435. The molecule has 0 aliphatic carbocycles. The third-order valence-corrected chi connectivity index (χ3v) is 5.45. The molecule has 6 heteroatoms. The van der Waals surface area contributed by atoms with Crippen LogP contribution in [0.5, 0.6) is 0 Å². The van der Waals surface area contributed by atoms with Crippen molar-refractivity contribution in [1.29, 1.82) is 0 Å². The Kier molecular flexibility index (Phi) is 6.45. The number of carbonyl (C=O) groups is 1. The molecular weight excluding hydrogens is 300 g/mol. The Morgan fingerprint density at radius 2 is 1.68 bits per heavy atom. The highest BCUT2D eigenvalue weighted by Crippen LogP contribution is 2.23. The molecule has 0 aromatic heterocycles. The standard InChI is InChI=1S/C16H32N2O3S/c1-12(17-22(20)16(5,6)7)13-8-10-18(11-9-13)14(19)21-15(2,3)4/h12-13,17H,8-11H2,1-7H3/t12-,22?/m0/s1. The lowest BCUT2D eigenvalue weighted by atomic mass is 9.91. The zero-order valence-electron chi connectivity index (χ0n) is 15.1. The molecule has 1 aliphatic rings. The van der Waals surface area contributed by atoms with Crippen LogP contribution >= 0.6 is 0 Å². The Labute approximate surface area is 137 Å². The highest BCUT2D eigenvalue weighted by atomic mass is 32.2. The first-order valence-electron chi connectivity index (χ1n) is 8.06. The quantitative estimate of drug-likeness (QED) is 0.864. The topological polar surface area (TPSA) is 58.6 Å². The van der Waals surface area contributed by atoms with E-state index in [0.717, 1.165) is 12.8 Å². The summed E-state index contributed by atoms with van der Waals surface area (Å²) in [6.45, 7) is 15.0. The van der Waals surface area contributed by atoms with Crippen LogP contribution in [0.3, 0.4) is 0 Å². The van der Waals surface area contributed by atoms with Crippen LogP contribution in [0.25, 0.3) is 0 Å². The van der Waals surface area contributed by atoms with Gasteiger partial charge in [-0.2, -0.15) is 0 Å². The number of hydrogen-bond acceptors (Lipinski definition) is 3. The van der Waals surface area contributed by atoms with Gasteiger partial charge in [-0.3, -0.25) is 0 Å². The molecule has 0 radical (unpaired) electrons. The first-order chi connectivity index (χ1) is 9.90. The Hall–Kier alpha value is -0.620. The molecule has 1 amide bonds. The summed E-state index contributed by atoms with van der Waals surface area (Å²) < 4.78 is 20.5. The van der Waals surface area contributed by atoms with Crippen LogP contribution in [-0.2, 0) is 15.7 Å². The third-order valence-electron chi connectivity index (χ3n) is 3.75. The maximum absolute atomic E-state index is 12.2. The number of nitrogens with zero attached hydrogens (tertiary/aromatic N) is 1. The monoisotopic (exact) mass is 332 g/mol. The maximum atomic E-state index is 12.2. The van der Waals surface area contributed by atoms with E-state index in [1.165, 1.54) is 0 Å². The summed E-state index contributed by atoms with van der Waals surface area (Å²) >= 11 is 0. The molecule has 2 atom stereocenters. The van der Waals surface area contributed by atoms with Crippen LogP contribution in [0, 0.1) is 5.92 Å². The minimum absolute atomic E-state index is 0.181. The molecular formula is C16H32N2O3S. The van der Waals surface area contributed by atoms with Gasteiger partial charge in [0, 0.05) is 19.1 Å². The summed E-state index contributed by atoms with van der Waals surface area (Å²) in [6.07, 6.45) is 1.59. The Bertz CT molecular complexity index is 405. The van der Waals surface area contributed by atoms with Crippen LogP contribution in [0.15, 0.2) is 0 Å². The van der Waals surface area contributed by atoms with E-state index < -0.39 is 16.6 Å². The van der Waals surface area contributed by atoms with Crippen molar-refractivity contribution in [2.45, 2.75) is 77.7 Å². The minimum atomic E-state index is -1.06. The molecule has 0 aromatic rings. The van der Waals surface area contributed by atoms with Gasteiger partial charge < -0.3 is 9.64 Å². The van der Waals surface area contributed by atoms with E-state index in [1.54, 1.807) is 4.90 Å². The van der Waals surface area contributed by atoms with Gasteiger partial charge >= 0.3 is 6.09 Å². The molecule has 1 rings (SSSR count). The molecule has 1 N–H and O–H groups in total. The van der Waals surface area contributed by atoms with Crippen molar-refractivity contribution in [3.8, 4) is 0 Å². The second-order valence-electron chi connectivity index (χ2n) is 8.09. The van der Waals surface area contributed by atoms with Gasteiger partial charge in [0.05, 0.1) is 15.7 Å². The number of ether oxygens (including phenoxy) is 1. The predicted octanol–water partition coefficient (Wildman–Crippen LogP) is 3.07. The molecule has 1 saturated heterocycles. The van der Waals surface area contributed by atoms with Crippen LogP contribution in [0.4, 0.5) is 4.79 Å². The Morgan fingerprint density at radius 1 is 1.18 bits per heavy atom. The van der Waals surface area contributed by atoms with Gasteiger partial charge in [0.2, 0.25) is 0 Å². The highest BCUT2D eigenvalue weighted by molar-refractivity contribution is 7.84. The van der Waals surface area contributed by atoms with Crippen molar-refractivity contribution in [2.24, 2.45) is 5.92 Å². The third kappa shape index (κ3) is 6.24. The van der Waals surface area contributed by atoms with Gasteiger partial charge in [-0.15, -0.1) is 0 Å². The predicted molar refractivity (Wildman–Crippen MR) is 91.0 cm³/mol. The lowest BCUT2D eigenvalue weighted by molar-refractivity contribution is 0.0174. The fraction of sp³-hybridized carbons (Fsp3) is 0.938. The first-order valence-corrected chi connectivity index (χ1v) is 9.21. The van der Waals surface area contributed by atoms with E-state index in [0.29, 0.717) is 19.0 Å². The lowest BCUT2D eigenvalue weighted by Gasteiger charge is -2.36. The van der Waals surface area contributed by atoms with E-state index in [4.69, 9.17) is 4.74 Å². The zero-order chi connectivity index (χ0) is 17.1.